The number of nitrogens with one attached hydrogen (secondary N) is 1. The Hall–Kier alpha value is -3.20. The summed E-state index contributed by atoms with van der Waals surface area (Å²) in [6.07, 6.45) is 0.654. The minimum absolute atomic E-state index is 0.0374. The van der Waals surface area contributed by atoms with Gasteiger partial charge in [0, 0.05) is 23.9 Å². The number of carbonyl (C=O) groups excluding carboxylic acids is 1. The quantitative estimate of drug-likeness (QED) is 0.665. The molecule has 0 saturated carbocycles. The Morgan fingerprint density at radius 2 is 1.97 bits per heavy atom. The van der Waals surface area contributed by atoms with Gasteiger partial charge < -0.3 is 10.2 Å². The molecule has 6 nitrogen and oxygen atoms in total. The number of nitrogens with zero attached hydrogens (tertiary/aromatic N) is 4. The number of alkyl halides is 1. The van der Waals surface area contributed by atoms with Gasteiger partial charge in [-0.15, -0.1) is 10.2 Å². The molecule has 0 spiro atoms. The Morgan fingerprint density at radius 3 is 2.67 bits per heavy atom. The SMILES string of the molecule is O=C(Nc1c(-c2cc(F)ccc2F)ccnc1N1CC[C@H](F)C1)c1ccc(Cl)nn1. The van der Waals surface area contributed by atoms with Gasteiger partial charge in [0.2, 0.25) is 0 Å². The van der Waals surface area contributed by atoms with Crippen LogP contribution in [0.15, 0.2) is 42.6 Å². The maximum Gasteiger partial charge on any atom is 0.276 e. The van der Waals surface area contributed by atoms with Crippen molar-refractivity contribution in [2.24, 2.45) is 0 Å². The van der Waals surface area contributed by atoms with Crippen LogP contribution in [-0.2, 0) is 0 Å². The first-order valence-corrected chi connectivity index (χ1v) is 9.44. The summed E-state index contributed by atoms with van der Waals surface area (Å²) in [6, 6.07) is 7.23. The zero-order valence-corrected chi connectivity index (χ0v) is 16.2. The molecule has 1 atom stereocenters. The van der Waals surface area contributed by atoms with E-state index in [0.29, 0.717) is 13.0 Å². The molecule has 0 aliphatic carbocycles. The van der Waals surface area contributed by atoms with Crippen LogP contribution in [0.4, 0.5) is 24.7 Å². The van der Waals surface area contributed by atoms with Crippen molar-refractivity contribution in [1.82, 2.24) is 15.2 Å². The van der Waals surface area contributed by atoms with Crippen molar-refractivity contribution in [2.75, 3.05) is 23.3 Å². The van der Waals surface area contributed by atoms with E-state index in [9.17, 15) is 18.0 Å². The van der Waals surface area contributed by atoms with Crippen LogP contribution in [-0.4, -0.2) is 40.3 Å². The van der Waals surface area contributed by atoms with Crippen molar-refractivity contribution < 1.29 is 18.0 Å². The molecular weight excluding hydrogens is 419 g/mol. The molecule has 30 heavy (non-hydrogen) atoms. The molecule has 2 aromatic heterocycles. The van der Waals surface area contributed by atoms with E-state index in [2.05, 4.69) is 20.5 Å². The molecule has 0 bridgehead atoms. The summed E-state index contributed by atoms with van der Waals surface area (Å²) >= 11 is 5.70. The summed E-state index contributed by atoms with van der Waals surface area (Å²) < 4.78 is 42.1. The summed E-state index contributed by atoms with van der Waals surface area (Å²) in [5.41, 5.74) is 0.226. The van der Waals surface area contributed by atoms with Gasteiger partial charge in [0.25, 0.3) is 5.91 Å². The summed E-state index contributed by atoms with van der Waals surface area (Å²) in [5, 5.41) is 10.1. The second-order valence-corrected chi connectivity index (χ2v) is 7.10. The van der Waals surface area contributed by atoms with E-state index >= 15 is 0 Å². The second-order valence-electron chi connectivity index (χ2n) is 6.71. The molecule has 0 radical (unpaired) electrons. The first kappa shape index (κ1) is 20.1. The van der Waals surface area contributed by atoms with Gasteiger partial charge in [0.1, 0.15) is 17.8 Å². The number of pyridine rings is 1. The maximum absolute atomic E-state index is 14.5. The Morgan fingerprint density at radius 1 is 1.13 bits per heavy atom. The summed E-state index contributed by atoms with van der Waals surface area (Å²) in [5.74, 6) is -1.72. The first-order valence-electron chi connectivity index (χ1n) is 9.06. The lowest BCUT2D eigenvalue weighted by molar-refractivity contribution is 0.102. The minimum Gasteiger partial charge on any atom is -0.352 e. The van der Waals surface area contributed by atoms with Gasteiger partial charge in [-0.3, -0.25) is 4.79 Å². The first-order chi connectivity index (χ1) is 14.4. The Labute approximate surface area is 174 Å². The summed E-state index contributed by atoms with van der Waals surface area (Å²) in [4.78, 5) is 18.7. The molecule has 3 aromatic rings. The fourth-order valence-corrected chi connectivity index (χ4v) is 3.37. The van der Waals surface area contributed by atoms with Gasteiger partial charge in [-0.25, -0.2) is 18.2 Å². The second kappa shape index (κ2) is 8.27. The van der Waals surface area contributed by atoms with Gasteiger partial charge >= 0.3 is 0 Å². The van der Waals surface area contributed by atoms with Crippen molar-refractivity contribution >= 4 is 29.0 Å². The lowest BCUT2D eigenvalue weighted by Crippen LogP contribution is -2.24. The standard InChI is InChI=1S/C20H15ClF3N5O/c21-17-4-3-16(27-28-17)20(30)26-18-13(14-9-11(22)1-2-15(14)24)5-7-25-19(18)29-8-6-12(23)10-29/h1-5,7,9,12H,6,8,10H2,(H,26,30)/t12-/m0/s1. The van der Waals surface area contributed by atoms with E-state index in [1.54, 1.807) is 4.90 Å². The monoisotopic (exact) mass is 433 g/mol. The van der Waals surface area contributed by atoms with E-state index in [0.717, 1.165) is 18.2 Å². The molecule has 0 unspecified atom stereocenters. The third kappa shape index (κ3) is 4.06. The van der Waals surface area contributed by atoms with Crippen LogP contribution < -0.4 is 10.2 Å². The van der Waals surface area contributed by atoms with E-state index in [4.69, 9.17) is 11.6 Å². The molecule has 4 rings (SSSR count). The molecular formula is C20H15ClF3N5O. The van der Waals surface area contributed by atoms with E-state index < -0.39 is 23.7 Å². The fraction of sp³-hybridized carbons (Fsp3) is 0.200. The van der Waals surface area contributed by atoms with Crippen molar-refractivity contribution in [2.45, 2.75) is 12.6 Å². The molecule has 1 amide bonds. The van der Waals surface area contributed by atoms with Crippen LogP contribution in [0.2, 0.25) is 5.15 Å². The fourth-order valence-electron chi connectivity index (χ4n) is 3.27. The van der Waals surface area contributed by atoms with Crippen molar-refractivity contribution in [1.29, 1.82) is 0 Å². The Kier molecular flexibility index (Phi) is 5.54. The number of aromatic nitrogens is 3. The predicted molar refractivity (Wildman–Crippen MR) is 106 cm³/mol. The Bertz CT molecular complexity index is 1100. The van der Waals surface area contributed by atoms with Gasteiger partial charge in [-0.1, -0.05) is 11.6 Å². The average molecular weight is 434 g/mol. The third-order valence-electron chi connectivity index (χ3n) is 4.68. The largest absolute Gasteiger partial charge is 0.352 e. The normalized spacial score (nSPS) is 16.0. The smallest absolute Gasteiger partial charge is 0.276 e. The summed E-state index contributed by atoms with van der Waals surface area (Å²) in [7, 11) is 0. The molecule has 1 fully saturated rings. The topological polar surface area (TPSA) is 71.0 Å². The number of amides is 1. The van der Waals surface area contributed by atoms with Gasteiger partial charge in [-0.05, 0) is 42.8 Å². The number of benzene rings is 1. The number of halogens is 4. The number of hydrogen-bond donors (Lipinski definition) is 1. The van der Waals surface area contributed by atoms with Crippen LogP contribution in [0.5, 0.6) is 0 Å². The van der Waals surface area contributed by atoms with Crippen LogP contribution in [0.25, 0.3) is 11.1 Å². The molecule has 1 N–H and O–H groups in total. The van der Waals surface area contributed by atoms with Crippen molar-refractivity contribution in [3.63, 3.8) is 0 Å². The van der Waals surface area contributed by atoms with Crippen LogP contribution >= 0.6 is 11.6 Å². The molecule has 10 heteroatoms. The lowest BCUT2D eigenvalue weighted by atomic mass is 10.0. The van der Waals surface area contributed by atoms with E-state index in [-0.39, 0.29) is 40.0 Å². The molecule has 3 heterocycles. The highest BCUT2D eigenvalue weighted by atomic mass is 35.5. The van der Waals surface area contributed by atoms with E-state index in [1.807, 2.05) is 0 Å². The number of hydrogen-bond acceptors (Lipinski definition) is 5. The molecule has 1 saturated heterocycles. The van der Waals surface area contributed by atoms with Gasteiger partial charge in [-0.2, -0.15) is 0 Å². The predicted octanol–water partition coefficient (Wildman–Crippen LogP) is 4.27. The molecule has 154 valence electrons. The molecule has 1 aliphatic rings. The lowest BCUT2D eigenvalue weighted by Gasteiger charge is -2.22. The molecule has 1 aliphatic heterocycles. The van der Waals surface area contributed by atoms with Gasteiger partial charge in [0.15, 0.2) is 16.7 Å². The van der Waals surface area contributed by atoms with Crippen molar-refractivity contribution in [3.05, 3.63) is 65.1 Å². The maximum atomic E-state index is 14.5. The number of anilines is 2. The zero-order chi connectivity index (χ0) is 21.3. The highest BCUT2D eigenvalue weighted by Gasteiger charge is 2.28. The third-order valence-corrected chi connectivity index (χ3v) is 4.88. The average Bonchev–Trinajstić information content (AvgIpc) is 3.16. The summed E-state index contributed by atoms with van der Waals surface area (Å²) in [6.45, 7) is 0.443. The van der Waals surface area contributed by atoms with Crippen LogP contribution in [0.1, 0.15) is 16.9 Å². The minimum atomic E-state index is -1.05. The zero-order valence-electron chi connectivity index (χ0n) is 15.4. The Balaban J connectivity index is 1.81. The van der Waals surface area contributed by atoms with Crippen LogP contribution in [0.3, 0.4) is 0 Å². The van der Waals surface area contributed by atoms with Crippen LogP contribution in [0, 0.1) is 11.6 Å². The van der Waals surface area contributed by atoms with E-state index in [1.165, 1.54) is 24.4 Å². The highest BCUT2D eigenvalue weighted by molar-refractivity contribution is 6.29. The molecule has 1 aromatic carbocycles. The number of rotatable bonds is 4. The van der Waals surface area contributed by atoms with Crippen molar-refractivity contribution in [3.8, 4) is 11.1 Å². The number of carbonyl (C=O) groups is 1. The highest BCUT2D eigenvalue weighted by Crippen LogP contribution is 2.38. The van der Waals surface area contributed by atoms with Gasteiger partial charge in [0.05, 0.1) is 12.2 Å².